The van der Waals surface area contributed by atoms with E-state index in [1.807, 2.05) is 13.8 Å². The van der Waals surface area contributed by atoms with Crippen LogP contribution in [0.1, 0.15) is 18.1 Å². The van der Waals surface area contributed by atoms with Gasteiger partial charge in [-0.1, -0.05) is 6.07 Å². The maximum atomic E-state index is 12.9. The molecule has 1 heterocycles. The molecular weight excluding hydrogens is 324 g/mol. The highest BCUT2D eigenvalue weighted by Gasteiger charge is 2.21. The third kappa shape index (κ3) is 2.88. The van der Waals surface area contributed by atoms with Crippen molar-refractivity contribution in [3.05, 3.63) is 51.6 Å². The zero-order valence-corrected chi connectivity index (χ0v) is 14.2. The minimum Gasteiger partial charge on any atom is -0.805 e. The van der Waals surface area contributed by atoms with E-state index in [0.29, 0.717) is 9.16 Å². The Morgan fingerprint density at radius 2 is 1.92 bits per heavy atom. The van der Waals surface area contributed by atoms with E-state index in [1.54, 1.807) is 37.3 Å². The van der Waals surface area contributed by atoms with Gasteiger partial charge < -0.3 is 19.4 Å². The average Bonchev–Trinajstić information content (AvgIpc) is 2.59. The molecule has 3 rings (SSSR count). The van der Waals surface area contributed by atoms with Gasteiger partial charge >= 0.3 is 11.5 Å². The van der Waals surface area contributed by atoms with Crippen LogP contribution in [-0.4, -0.2) is 23.9 Å². The van der Waals surface area contributed by atoms with Gasteiger partial charge in [0.25, 0.3) is 5.52 Å². The van der Waals surface area contributed by atoms with E-state index >= 15 is 0 Å². The molecule has 0 unspecified atom stereocenters. The fourth-order valence-electron chi connectivity index (χ4n) is 2.70. The predicted molar refractivity (Wildman–Crippen MR) is 93.2 cm³/mol. The van der Waals surface area contributed by atoms with Crippen molar-refractivity contribution >= 4 is 28.0 Å². The molecule has 0 N–H and O–H groups in total. The first-order valence-electron chi connectivity index (χ1n) is 7.91. The quantitative estimate of drug-likeness (QED) is 0.413. The molecule has 0 aliphatic rings. The lowest BCUT2D eigenvalue weighted by Gasteiger charge is -2.16. The molecule has 2 aromatic carbocycles. The Kier molecular flexibility index (Phi) is 4.31. The number of carbonyl (C=O) groups is 1. The number of para-hydroxylation sites is 1. The SMILES string of the molecule is CCOC(=O)COc1cccc2c1[n+](=O)c1cc(C)c(C)cc1n2[O-]. The van der Waals surface area contributed by atoms with Gasteiger partial charge in [0.2, 0.25) is 0 Å². The van der Waals surface area contributed by atoms with E-state index in [1.165, 1.54) is 0 Å². The second-order valence-electron chi connectivity index (χ2n) is 5.73. The van der Waals surface area contributed by atoms with Gasteiger partial charge in [-0.25, -0.2) is 4.79 Å². The Hall–Kier alpha value is -3.09. The molecule has 0 saturated carbocycles. The third-order valence-corrected chi connectivity index (χ3v) is 4.08. The zero-order valence-electron chi connectivity index (χ0n) is 14.2. The van der Waals surface area contributed by atoms with Crippen LogP contribution in [0.3, 0.4) is 0 Å². The van der Waals surface area contributed by atoms with Crippen molar-refractivity contribution in [3.8, 4) is 5.75 Å². The molecule has 25 heavy (non-hydrogen) atoms. The smallest absolute Gasteiger partial charge is 0.344 e. The van der Waals surface area contributed by atoms with Gasteiger partial charge in [-0.3, -0.25) is 0 Å². The van der Waals surface area contributed by atoms with Gasteiger partial charge in [0.1, 0.15) is 11.0 Å². The van der Waals surface area contributed by atoms with E-state index in [-0.39, 0.29) is 41.0 Å². The zero-order chi connectivity index (χ0) is 18.1. The Labute approximate surface area is 143 Å². The summed E-state index contributed by atoms with van der Waals surface area (Å²) in [6.45, 7) is 5.35. The first-order chi connectivity index (χ1) is 11.9. The van der Waals surface area contributed by atoms with Crippen LogP contribution in [0.5, 0.6) is 5.75 Å². The Balaban J connectivity index is 2.23. The minimum absolute atomic E-state index is 0.0811. The fraction of sp³-hybridized carbons (Fsp3) is 0.278. The van der Waals surface area contributed by atoms with E-state index in [9.17, 15) is 14.9 Å². The molecule has 1 aromatic heterocycles. The molecule has 0 radical (unpaired) electrons. The lowest BCUT2D eigenvalue weighted by molar-refractivity contribution is -0.433. The molecule has 0 fully saturated rings. The number of hydrogen-bond donors (Lipinski definition) is 0. The van der Waals surface area contributed by atoms with Crippen molar-refractivity contribution in [1.29, 1.82) is 0 Å². The van der Waals surface area contributed by atoms with Gasteiger partial charge in [0.15, 0.2) is 12.4 Å². The summed E-state index contributed by atoms with van der Waals surface area (Å²) in [6, 6.07) is 8.06. The van der Waals surface area contributed by atoms with Crippen LogP contribution in [0.25, 0.3) is 22.1 Å². The number of fused-ring (bicyclic) bond motifs is 2. The summed E-state index contributed by atoms with van der Waals surface area (Å²) in [4.78, 5) is 24.4. The third-order valence-electron chi connectivity index (χ3n) is 4.08. The molecule has 0 aliphatic heterocycles. The van der Waals surface area contributed by atoms with Crippen LogP contribution in [0, 0.1) is 24.0 Å². The number of aromatic nitrogens is 2. The monoisotopic (exact) mass is 342 g/mol. The lowest BCUT2D eigenvalue weighted by atomic mass is 10.1. The molecule has 0 atom stereocenters. The van der Waals surface area contributed by atoms with Gasteiger partial charge in [-0.05, 0) is 50.1 Å². The summed E-state index contributed by atoms with van der Waals surface area (Å²) in [5.41, 5.74) is 2.61. The molecule has 0 spiro atoms. The van der Waals surface area contributed by atoms with Crippen LogP contribution < -0.4 is 9.16 Å². The molecular formula is C18H18N2O5. The van der Waals surface area contributed by atoms with E-state index < -0.39 is 5.97 Å². The Morgan fingerprint density at radius 3 is 2.64 bits per heavy atom. The van der Waals surface area contributed by atoms with Gasteiger partial charge in [-0.15, -0.1) is 0 Å². The summed E-state index contributed by atoms with van der Waals surface area (Å²) in [5.74, 6) is -0.385. The summed E-state index contributed by atoms with van der Waals surface area (Å²) in [5, 5.41) is 12.7. The Morgan fingerprint density at radius 1 is 1.20 bits per heavy atom. The topological polar surface area (TPSA) is 86.5 Å². The summed E-state index contributed by atoms with van der Waals surface area (Å²) in [7, 11) is 0. The highest BCUT2D eigenvalue weighted by Crippen LogP contribution is 2.26. The number of aryl methyl sites for hydroxylation is 2. The molecule has 7 heteroatoms. The van der Waals surface area contributed by atoms with E-state index in [2.05, 4.69) is 0 Å². The number of esters is 1. The van der Waals surface area contributed by atoms with Crippen LogP contribution in [0.15, 0.2) is 30.3 Å². The fourth-order valence-corrected chi connectivity index (χ4v) is 2.70. The number of benzene rings is 2. The van der Waals surface area contributed by atoms with Crippen LogP contribution in [0.4, 0.5) is 0 Å². The van der Waals surface area contributed by atoms with E-state index in [0.717, 1.165) is 11.1 Å². The standard InChI is InChI=1S/C18H18N2O5/c1-4-24-17(21)10-25-16-7-5-6-13-18(16)20(23)15-9-12(3)11(2)8-14(15)19(13)22/h5-9H,4,10H2,1-3H3. The van der Waals surface area contributed by atoms with Crippen molar-refractivity contribution in [2.75, 3.05) is 13.2 Å². The van der Waals surface area contributed by atoms with Gasteiger partial charge in [0.05, 0.1) is 11.0 Å². The molecule has 7 nitrogen and oxygen atoms in total. The maximum Gasteiger partial charge on any atom is 0.344 e. The maximum absolute atomic E-state index is 12.9. The van der Waals surface area contributed by atoms with Crippen molar-refractivity contribution in [2.45, 2.75) is 20.8 Å². The first-order valence-corrected chi connectivity index (χ1v) is 7.91. The molecule has 3 aromatic rings. The number of rotatable bonds is 4. The van der Waals surface area contributed by atoms with Crippen LogP contribution in [-0.2, 0) is 9.53 Å². The summed E-state index contributed by atoms with van der Waals surface area (Å²) in [6.07, 6.45) is 0. The van der Waals surface area contributed by atoms with Crippen LogP contribution >= 0.6 is 0 Å². The van der Waals surface area contributed by atoms with Gasteiger partial charge in [-0.2, -0.15) is 0 Å². The number of hydrogen-bond acceptors (Lipinski definition) is 5. The highest BCUT2D eigenvalue weighted by molar-refractivity contribution is 5.87. The van der Waals surface area contributed by atoms with Crippen LogP contribution in [0.2, 0.25) is 0 Å². The largest absolute Gasteiger partial charge is 0.805 e. The Bertz CT molecular complexity index is 1040. The number of nitrogens with zero attached hydrogens (tertiary/aromatic N) is 2. The summed E-state index contributed by atoms with van der Waals surface area (Å²) >= 11 is 0. The van der Waals surface area contributed by atoms with Gasteiger partial charge in [0, 0.05) is 11.0 Å². The molecule has 0 bridgehead atoms. The van der Waals surface area contributed by atoms with Crippen molar-refractivity contribution in [2.24, 2.45) is 0 Å². The second-order valence-corrected chi connectivity index (χ2v) is 5.73. The lowest BCUT2D eigenvalue weighted by Crippen LogP contribution is -2.22. The summed E-state index contributed by atoms with van der Waals surface area (Å²) < 4.78 is 11.6. The predicted octanol–water partition coefficient (Wildman–Crippen LogP) is 2.61. The number of ether oxygens (including phenoxy) is 2. The van der Waals surface area contributed by atoms with Crippen molar-refractivity contribution < 1.29 is 18.7 Å². The highest BCUT2D eigenvalue weighted by atomic mass is 16.6. The molecule has 0 amide bonds. The van der Waals surface area contributed by atoms with Crippen molar-refractivity contribution in [3.63, 3.8) is 0 Å². The molecule has 130 valence electrons. The van der Waals surface area contributed by atoms with E-state index in [4.69, 9.17) is 9.47 Å². The number of carbonyl (C=O) groups excluding carboxylic acids is 1. The average molecular weight is 342 g/mol. The first kappa shape index (κ1) is 16.8. The molecule has 0 aliphatic carbocycles. The van der Waals surface area contributed by atoms with Crippen molar-refractivity contribution in [1.82, 2.24) is 4.73 Å². The minimum atomic E-state index is -0.542. The normalized spacial score (nSPS) is 11.0. The molecule has 0 saturated heterocycles. The second kappa shape index (κ2) is 6.43.